The maximum Gasteiger partial charge on any atom is 0.408 e. The van der Waals surface area contributed by atoms with Crippen LogP contribution in [0.25, 0.3) is 0 Å². The molecule has 2 rings (SSSR count). The van der Waals surface area contributed by atoms with Crippen LogP contribution in [-0.2, 0) is 14.3 Å². The van der Waals surface area contributed by atoms with E-state index in [9.17, 15) is 9.59 Å². The van der Waals surface area contributed by atoms with Crippen molar-refractivity contribution in [1.29, 1.82) is 0 Å². The summed E-state index contributed by atoms with van der Waals surface area (Å²) in [5, 5.41) is 5.40. The van der Waals surface area contributed by atoms with Gasteiger partial charge in [0.05, 0.1) is 19.3 Å². The number of hydrogen-bond donors (Lipinski definition) is 2. The molecule has 0 spiro atoms. The van der Waals surface area contributed by atoms with Crippen molar-refractivity contribution in [3.63, 3.8) is 0 Å². The Balaban J connectivity index is 1.94. The summed E-state index contributed by atoms with van der Waals surface area (Å²) in [5.41, 5.74) is -0.565. The third-order valence-electron chi connectivity index (χ3n) is 2.84. The van der Waals surface area contributed by atoms with Gasteiger partial charge >= 0.3 is 6.09 Å². The summed E-state index contributed by atoms with van der Waals surface area (Å²) in [5.74, 6) is -0.149. The van der Waals surface area contributed by atoms with Gasteiger partial charge in [-0.1, -0.05) is 0 Å². The maximum absolute atomic E-state index is 11.7. The van der Waals surface area contributed by atoms with Crippen LogP contribution in [0.4, 0.5) is 4.79 Å². The zero-order valence-corrected chi connectivity index (χ0v) is 10.3. The molecule has 0 bridgehead atoms. The zero-order valence-electron chi connectivity index (χ0n) is 10.3. The summed E-state index contributed by atoms with van der Waals surface area (Å²) in [4.78, 5) is 23.2. The Hall–Kier alpha value is -1.30. The van der Waals surface area contributed by atoms with Crippen LogP contribution < -0.4 is 10.6 Å². The van der Waals surface area contributed by atoms with E-state index in [0.717, 1.165) is 0 Å². The second-order valence-electron chi connectivity index (χ2n) is 5.44. The highest BCUT2D eigenvalue weighted by atomic mass is 16.6. The predicted molar refractivity (Wildman–Crippen MR) is 59.4 cm³/mol. The minimum atomic E-state index is -0.565. The van der Waals surface area contributed by atoms with Gasteiger partial charge in [0.2, 0.25) is 5.91 Å². The molecule has 6 nitrogen and oxygen atoms in total. The van der Waals surface area contributed by atoms with Crippen LogP contribution in [0.15, 0.2) is 0 Å². The fourth-order valence-corrected chi connectivity index (χ4v) is 2.12. The van der Waals surface area contributed by atoms with E-state index in [1.807, 2.05) is 0 Å². The molecular weight excluding hydrogens is 224 g/mol. The summed E-state index contributed by atoms with van der Waals surface area (Å²) < 4.78 is 10.4. The number of nitrogens with one attached hydrogen (secondary N) is 2. The highest BCUT2D eigenvalue weighted by Crippen LogP contribution is 2.24. The molecule has 0 aromatic rings. The van der Waals surface area contributed by atoms with Crippen LogP contribution in [0.3, 0.4) is 0 Å². The maximum atomic E-state index is 11.7. The molecule has 96 valence electrons. The molecule has 2 N–H and O–H groups in total. The van der Waals surface area contributed by atoms with Crippen molar-refractivity contribution >= 4 is 12.0 Å². The van der Waals surface area contributed by atoms with Crippen LogP contribution in [0.2, 0.25) is 0 Å². The van der Waals surface area contributed by atoms with Gasteiger partial charge in [0.15, 0.2) is 0 Å². The molecule has 17 heavy (non-hydrogen) atoms. The Kier molecular flexibility index (Phi) is 2.99. The molecule has 2 aliphatic rings. The lowest BCUT2D eigenvalue weighted by Crippen LogP contribution is -2.46. The molecule has 6 heteroatoms. The molecule has 2 aliphatic heterocycles. The standard InChI is InChI=1S/C11H18N2O4/c1-11(2,3)17-10(15)13-8-6-4-16-5-7(6)12-9(8)14/h6-8H,4-5H2,1-3H3,(H,12,14)(H,13,15)/t6-,7+,8-/m1/s1. The second-order valence-corrected chi connectivity index (χ2v) is 5.44. The lowest BCUT2D eigenvalue weighted by molar-refractivity contribution is -0.122. The monoisotopic (exact) mass is 242 g/mol. The minimum Gasteiger partial charge on any atom is -0.444 e. The molecule has 0 unspecified atom stereocenters. The van der Waals surface area contributed by atoms with Crippen molar-refractivity contribution in [3.05, 3.63) is 0 Å². The SMILES string of the molecule is CC(C)(C)OC(=O)N[C@H]1C(=O)N[C@H]2COC[C@H]21. The van der Waals surface area contributed by atoms with Crippen molar-refractivity contribution in [3.8, 4) is 0 Å². The Morgan fingerprint density at radius 1 is 1.47 bits per heavy atom. The minimum absolute atomic E-state index is 0.00928. The second kappa shape index (κ2) is 4.18. The van der Waals surface area contributed by atoms with E-state index < -0.39 is 17.7 Å². The molecule has 0 radical (unpaired) electrons. The number of ether oxygens (including phenoxy) is 2. The first kappa shape index (κ1) is 12.2. The first-order valence-corrected chi connectivity index (χ1v) is 5.74. The number of amides is 2. The molecule has 2 saturated heterocycles. The van der Waals surface area contributed by atoms with Gasteiger partial charge in [-0.2, -0.15) is 0 Å². The summed E-state index contributed by atoms with van der Waals surface area (Å²) in [6.45, 7) is 6.35. The largest absolute Gasteiger partial charge is 0.444 e. The molecule has 0 aliphatic carbocycles. The molecule has 0 saturated carbocycles. The van der Waals surface area contributed by atoms with E-state index in [1.165, 1.54) is 0 Å². The van der Waals surface area contributed by atoms with Crippen molar-refractivity contribution < 1.29 is 19.1 Å². The van der Waals surface area contributed by atoms with Crippen molar-refractivity contribution in [2.24, 2.45) is 5.92 Å². The third kappa shape index (κ3) is 2.69. The number of alkyl carbamates (subject to hydrolysis) is 1. The number of carbonyl (C=O) groups excluding carboxylic acids is 2. The number of carbonyl (C=O) groups is 2. The van der Waals surface area contributed by atoms with E-state index in [-0.39, 0.29) is 17.9 Å². The van der Waals surface area contributed by atoms with E-state index in [4.69, 9.17) is 9.47 Å². The van der Waals surface area contributed by atoms with E-state index in [2.05, 4.69) is 10.6 Å². The highest BCUT2D eigenvalue weighted by Gasteiger charge is 2.46. The third-order valence-corrected chi connectivity index (χ3v) is 2.84. The quantitative estimate of drug-likeness (QED) is 0.680. The number of hydrogen-bond acceptors (Lipinski definition) is 4. The van der Waals surface area contributed by atoms with Crippen molar-refractivity contribution in [2.75, 3.05) is 13.2 Å². The van der Waals surface area contributed by atoms with Gasteiger partial charge in [0, 0.05) is 5.92 Å². The topological polar surface area (TPSA) is 76.7 Å². The number of rotatable bonds is 1. The van der Waals surface area contributed by atoms with Crippen molar-refractivity contribution in [1.82, 2.24) is 10.6 Å². The zero-order chi connectivity index (χ0) is 12.6. The fourth-order valence-electron chi connectivity index (χ4n) is 2.12. The Bertz CT molecular complexity index is 337. The van der Waals surface area contributed by atoms with Crippen LogP contribution >= 0.6 is 0 Å². The molecule has 3 atom stereocenters. The average Bonchev–Trinajstić information content (AvgIpc) is 2.67. The van der Waals surface area contributed by atoms with Gasteiger partial charge in [0.1, 0.15) is 11.6 Å². The van der Waals surface area contributed by atoms with E-state index >= 15 is 0 Å². The van der Waals surface area contributed by atoms with Crippen LogP contribution in [0.5, 0.6) is 0 Å². The Morgan fingerprint density at radius 2 is 2.18 bits per heavy atom. The molecule has 0 aromatic heterocycles. The Morgan fingerprint density at radius 3 is 2.82 bits per heavy atom. The van der Waals surface area contributed by atoms with Gasteiger partial charge in [-0.05, 0) is 20.8 Å². The van der Waals surface area contributed by atoms with Gasteiger partial charge in [0.25, 0.3) is 0 Å². The van der Waals surface area contributed by atoms with Crippen LogP contribution in [0.1, 0.15) is 20.8 Å². The highest BCUT2D eigenvalue weighted by molar-refractivity contribution is 5.88. The van der Waals surface area contributed by atoms with Gasteiger partial charge in [-0.15, -0.1) is 0 Å². The first-order valence-electron chi connectivity index (χ1n) is 5.74. The average molecular weight is 242 g/mol. The Labute approximate surface area is 100 Å². The van der Waals surface area contributed by atoms with Crippen LogP contribution in [-0.4, -0.2) is 42.9 Å². The molecule has 2 heterocycles. The predicted octanol–water partition coefficient (Wildman–Crippen LogP) is 0.0245. The van der Waals surface area contributed by atoms with Gasteiger partial charge in [-0.25, -0.2) is 4.79 Å². The lowest BCUT2D eigenvalue weighted by Gasteiger charge is -2.22. The lowest BCUT2D eigenvalue weighted by atomic mass is 10.00. The summed E-state index contributed by atoms with van der Waals surface area (Å²) in [7, 11) is 0. The summed E-state index contributed by atoms with van der Waals surface area (Å²) in [6.07, 6.45) is -0.565. The van der Waals surface area contributed by atoms with Crippen LogP contribution in [0, 0.1) is 5.92 Å². The van der Waals surface area contributed by atoms with E-state index in [1.54, 1.807) is 20.8 Å². The first-order chi connectivity index (χ1) is 7.87. The summed E-state index contributed by atoms with van der Waals surface area (Å²) >= 11 is 0. The van der Waals surface area contributed by atoms with Gasteiger partial charge < -0.3 is 20.1 Å². The normalized spacial score (nSPS) is 31.9. The van der Waals surface area contributed by atoms with Crippen molar-refractivity contribution in [2.45, 2.75) is 38.5 Å². The van der Waals surface area contributed by atoms with E-state index in [0.29, 0.717) is 13.2 Å². The molecular formula is C11H18N2O4. The number of fused-ring (bicyclic) bond motifs is 1. The molecule has 0 aromatic carbocycles. The fraction of sp³-hybridized carbons (Fsp3) is 0.818. The summed E-state index contributed by atoms with van der Waals surface area (Å²) in [6, 6.07) is -0.528. The molecule has 2 amide bonds. The smallest absolute Gasteiger partial charge is 0.408 e. The van der Waals surface area contributed by atoms with Gasteiger partial charge in [-0.3, -0.25) is 4.79 Å². The molecule has 2 fully saturated rings.